The summed E-state index contributed by atoms with van der Waals surface area (Å²) < 4.78 is 0. The molecule has 2 heterocycles. The van der Waals surface area contributed by atoms with Crippen molar-refractivity contribution in [2.24, 2.45) is 0 Å². The minimum atomic E-state index is -0.980. The van der Waals surface area contributed by atoms with Crippen molar-refractivity contribution in [3.8, 4) is 0 Å². The number of carbonyl (C=O) groups is 1. The Morgan fingerprint density at radius 3 is 2.94 bits per heavy atom. The SMILES string of the molecule is O=C(O)c1ccnnc1NCCCN1CCCC1. The van der Waals surface area contributed by atoms with Gasteiger partial charge >= 0.3 is 5.97 Å². The van der Waals surface area contributed by atoms with Gasteiger partial charge in [0.1, 0.15) is 5.56 Å². The van der Waals surface area contributed by atoms with Crippen LogP contribution in [0.5, 0.6) is 0 Å². The number of hydrogen-bond acceptors (Lipinski definition) is 5. The minimum Gasteiger partial charge on any atom is -0.478 e. The van der Waals surface area contributed by atoms with E-state index < -0.39 is 5.97 Å². The summed E-state index contributed by atoms with van der Waals surface area (Å²) in [6.45, 7) is 4.14. The Morgan fingerprint density at radius 1 is 1.44 bits per heavy atom. The summed E-state index contributed by atoms with van der Waals surface area (Å²) in [6.07, 6.45) is 4.95. The fourth-order valence-electron chi connectivity index (χ4n) is 2.15. The van der Waals surface area contributed by atoms with Crippen LogP contribution in [-0.2, 0) is 0 Å². The summed E-state index contributed by atoms with van der Waals surface area (Å²) >= 11 is 0. The Morgan fingerprint density at radius 2 is 2.22 bits per heavy atom. The molecule has 1 saturated heterocycles. The van der Waals surface area contributed by atoms with Gasteiger partial charge in [0.25, 0.3) is 0 Å². The van der Waals surface area contributed by atoms with Crippen molar-refractivity contribution in [2.45, 2.75) is 19.3 Å². The van der Waals surface area contributed by atoms with Gasteiger partial charge in [-0.15, -0.1) is 5.10 Å². The minimum absolute atomic E-state index is 0.172. The summed E-state index contributed by atoms with van der Waals surface area (Å²) in [5, 5.41) is 19.5. The van der Waals surface area contributed by atoms with Gasteiger partial charge < -0.3 is 15.3 Å². The highest BCUT2D eigenvalue weighted by molar-refractivity contribution is 5.92. The average molecular weight is 250 g/mol. The van der Waals surface area contributed by atoms with Gasteiger partial charge in [-0.3, -0.25) is 0 Å². The molecule has 2 rings (SSSR count). The lowest BCUT2D eigenvalue weighted by atomic mass is 10.3. The maximum absolute atomic E-state index is 10.9. The van der Waals surface area contributed by atoms with Crippen molar-refractivity contribution in [3.05, 3.63) is 17.8 Å². The zero-order valence-corrected chi connectivity index (χ0v) is 10.3. The lowest BCUT2D eigenvalue weighted by molar-refractivity contribution is 0.0697. The molecule has 0 radical (unpaired) electrons. The average Bonchev–Trinajstić information content (AvgIpc) is 2.88. The van der Waals surface area contributed by atoms with Gasteiger partial charge in [-0.05, 0) is 45.0 Å². The van der Waals surface area contributed by atoms with Crippen LogP contribution in [0, 0.1) is 0 Å². The first-order chi connectivity index (χ1) is 8.77. The molecule has 6 nitrogen and oxygen atoms in total. The molecular formula is C12H18N4O2. The molecule has 0 atom stereocenters. The molecule has 1 aliphatic rings. The van der Waals surface area contributed by atoms with Crippen molar-refractivity contribution in [3.63, 3.8) is 0 Å². The predicted octanol–water partition coefficient (Wildman–Crippen LogP) is 1.07. The van der Waals surface area contributed by atoms with E-state index >= 15 is 0 Å². The van der Waals surface area contributed by atoms with Gasteiger partial charge in [0.15, 0.2) is 5.82 Å². The summed E-state index contributed by atoms with van der Waals surface area (Å²) in [5.74, 6) is -0.627. The molecule has 1 aromatic rings. The van der Waals surface area contributed by atoms with E-state index in [2.05, 4.69) is 20.4 Å². The maximum atomic E-state index is 10.9. The van der Waals surface area contributed by atoms with Crippen LogP contribution in [0.1, 0.15) is 29.6 Å². The molecule has 0 aliphatic carbocycles. The summed E-state index contributed by atoms with van der Waals surface area (Å²) in [6, 6.07) is 1.46. The second-order valence-corrected chi connectivity index (χ2v) is 4.43. The Hall–Kier alpha value is -1.69. The molecule has 0 amide bonds. The van der Waals surface area contributed by atoms with E-state index in [0.717, 1.165) is 19.5 Å². The number of nitrogens with one attached hydrogen (secondary N) is 1. The van der Waals surface area contributed by atoms with Crippen molar-refractivity contribution < 1.29 is 9.90 Å². The zero-order valence-electron chi connectivity index (χ0n) is 10.3. The fourth-order valence-corrected chi connectivity index (χ4v) is 2.15. The van der Waals surface area contributed by atoms with Gasteiger partial charge in [-0.25, -0.2) is 4.79 Å². The van der Waals surface area contributed by atoms with Crippen LogP contribution in [0.4, 0.5) is 5.82 Å². The summed E-state index contributed by atoms with van der Waals surface area (Å²) in [5.41, 5.74) is 0.172. The van der Waals surface area contributed by atoms with E-state index in [1.54, 1.807) is 0 Å². The largest absolute Gasteiger partial charge is 0.478 e. The molecular weight excluding hydrogens is 232 g/mol. The molecule has 6 heteroatoms. The van der Waals surface area contributed by atoms with Crippen LogP contribution in [0.25, 0.3) is 0 Å². The van der Waals surface area contributed by atoms with E-state index in [1.165, 1.54) is 38.2 Å². The molecule has 0 unspecified atom stereocenters. The fraction of sp³-hybridized carbons (Fsp3) is 0.583. The van der Waals surface area contributed by atoms with E-state index in [-0.39, 0.29) is 5.56 Å². The molecule has 0 aromatic carbocycles. The first-order valence-corrected chi connectivity index (χ1v) is 6.28. The molecule has 0 spiro atoms. The van der Waals surface area contributed by atoms with Crippen LogP contribution in [0.2, 0.25) is 0 Å². The Labute approximate surface area is 106 Å². The van der Waals surface area contributed by atoms with Gasteiger partial charge in [-0.1, -0.05) is 0 Å². The van der Waals surface area contributed by atoms with Crippen LogP contribution >= 0.6 is 0 Å². The van der Waals surface area contributed by atoms with Gasteiger partial charge in [0.2, 0.25) is 0 Å². The van der Waals surface area contributed by atoms with Crippen molar-refractivity contribution in [1.29, 1.82) is 0 Å². The number of rotatable bonds is 6. The molecule has 1 fully saturated rings. The maximum Gasteiger partial charge on any atom is 0.339 e. The van der Waals surface area contributed by atoms with Crippen LogP contribution in [0.3, 0.4) is 0 Å². The van der Waals surface area contributed by atoms with E-state index in [0.29, 0.717) is 5.82 Å². The smallest absolute Gasteiger partial charge is 0.339 e. The molecule has 2 N–H and O–H groups in total. The standard InChI is InChI=1S/C12H18N4O2/c17-12(18)10-4-6-14-15-11(10)13-5-3-9-16-7-1-2-8-16/h4,6H,1-3,5,7-9H2,(H,13,15)(H,17,18). The Balaban J connectivity index is 1.77. The number of nitrogens with zero attached hydrogens (tertiary/aromatic N) is 3. The summed E-state index contributed by atoms with van der Waals surface area (Å²) in [4.78, 5) is 13.4. The molecule has 18 heavy (non-hydrogen) atoms. The third-order valence-electron chi connectivity index (χ3n) is 3.09. The lowest BCUT2D eigenvalue weighted by Crippen LogP contribution is -2.22. The monoisotopic (exact) mass is 250 g/mol. The number of carboxylic acid groups (broad SMARTS) is 1. The van der Waals surface area contributed by atoms with Gasteiger partial charge in [0.05, 0.1) is 6.20 Å². The van der Waals surface area contributed by atoms with Crippen LogP contribution < -0.4 is 5.32 Å². The molecule has 0 saturated carbocycles. The third-order valence-corrected chi connectivity index (χ3v) is 3.09. The van der Waals surface area contributed by atoms with Crippen LogP contribution in [-0.4, -0.2) is 52.4 Å². The highest BCUT2D eigenvalue weighted by atomic mass is 16.4. The third kappa shape index (κ3) is 3.40. The Bertz CT molecular complexity index is 405. The predicted molar refractivity (Wildman–Crippen MR) is 67.8 cm³/mol. The van der Waals surface area contributed by atoms with E-state index in [9.17, 15) is 4.79 Å². The summed E-state index contributed by atoms with van der Waals surface area (Å²) in [7, 11) is 0. The zero-order chi connectivity index (χ0) is 12.8. The first kappa shape index (κ1) is 12.8. The molecule has 0 bridgehead atoms. The highest BCUT2D eigenvalue weighted by Gasteiger charge is 2.12. The lowest BCUT2D eigenvalue weighted by Gasteiger charge is -2.14. The normalized spacial score (nSPS) is 15.8. The van der Waals surface area contributed by atoms with Crippen molar-refractivity contribution >= 4 is 11.8 Å². The molecule has 1 aliphatic heterocycles. The Kier molecular flexibility index (Phi) is 4.46. The number of aromatic carboxylic acids is 1. The molecule has 98 valence electrons. The highest BCUT2D eigenvalue weighted by Crippen LogP contribution is 2.10. The number of anilines is 1. The number of aromatic nitrogens is 2. The van der Waals surface area contributed by atoms with Crippen molar-refractivity contribution in [1.82, 2.24) is 15.1 Å². The topological polar surface area (TPSA) is 78.3 Å². The van der Waals surface area contributed by atoms with E-state index in [4.69, 9.17) is 5.11 Å². The first-order valence-electron chi connectivity index (χ1n) is 6.28. The van der Waals surface area contributed by atoms with Crippen molar-refractivity contribution in [2.75, 3.05) is 31.5 Å². The number of likely N-dealkylation sites (tertiary alicyclic amines) is 1. The quantitative estimate of drug-likeness (QED) is 0.735. The molecule has 1 aromatic heterocycles. The van der Waals surface area contributed by atoms with Gasteiger partial charge in [0, 0.05) is 6.54 Å². The van der Waals surface area contributed by atoms with Crippen LogP contribution in [0.15, 0.2) is 12.3 Å². The number of hydrogen-bond donors (Lipinski definition) is 2. The second kappa shape index (κ2) is 6.30. The number of carboxylic acids is 1. The second-order valence-electron chi connectivity index (χ2n) is 4.43. The van der Waals surface area contributed by atoms with Gasteiger partial charge in [-0.2, -0.15) is 5.10 Å². The van der Waals surface area contributed by atoms with E-state index in [1.807, 2.05) is 0 Å².